The van der Waals surface area contributed by atoms with Crippen molar-refractivity contribution >= 4 is 31.6 Å². The van der Waals surface area contributed by atoms with E-state index in [9.17, 15) is 19.2 Å². The van der Waals surface area contributed by atoms with Gasteiger partial charge in [0.25, 0.3) is 0 Å². The van der Waals surface area contributed by atoms with E-state index in [1.807, 2.05) is 0 Å². The lowest BCUT2D eigenvalue weighted by Crippen LogP contribution is -2.41. The molecular weight excluding hydrogens is 359 g/mol. The number of methoxy groups -OCH3 is 4. The molecule has 0 aliphatic carbocycles. The molecule has 0 bridgehead atoms. The van der Waals surface area contributed by atoms with Gasteiger partial charge in [-0.25, -0.2) is 19.2 Å². The fraction of sp³-hybridized carbons (Fsp3) is 0.667. The molecule has 0 unspecified atom stereocenters. The molecule has 0 spiro atoms. The smallest absolute Gasteiger partial charge is 0.409 e. The second kappa shape index (κ2) is 12.0. The summed E-state index contributed by atoms with van der Waals surface area (Å²) in [5.41, 5.74) is 0. The van der Waals surface area contributed by atoms with Gasteiger partial charge < -0.3 is 18.9 Å². The molecular formula is C12H24N4O8P+. The van der Waals surface area contributed by atoms with Crippen LogP contribution in [-0.4, -0.2) is 78.0 Å². The molecule has 0 saturated carbocycles. The van der Waals surface area contributed by atoms with E-state index in [-0.39, 0.29) is 25.1 Å². The van der Waals surface area contributed by atoms with Crippen LogP contribution in [0.5, 0.6) is 0 Å². The highest BCUT2D eigenvalue weighted by Crippen LogP contribution is 2.54. The SMILES string of the molecule is COC(=O)NC[P+](CNC(=O)OC)(CNC(=O)OC)CNC(=O)OC. The highest BCUT2D eigenvalue weighted by atomic mass is 31.2. The minimum atomic E-state index is -2.41. The van der Waals surface area contributed by atoms with Crippen molar-refractivity contribution in [2.75, 3.05) is 53.6 Å². The van der Waals surface area contributed by atoms with Crippen LogP contribution >= 0.6 is 7.26 Å². The van der Waals surface area contributed by atoms with Gasteiger partial charge in [0, 0.05) is 0 Å². The molecule has 144 valence electrons. The van der Waals surface area contributed by atoms with Gasteiger partial charge in [0.15, 0.2) is 0 Å². The fourth-order valence-corrected chi connectivity index (χ4v) is 4.08. The summed E-state index contributed by atoms with van der Waals surface area (Å²) < 4.78 is 18.1. The molecule has 4 N–H and O–H groups in total. The summed E-state index contributed by atoms with van der Waals surface area (Å²) >= 11 is 0. The number of alkyl carbamates (subject to hydrolysis) is 4. The van der Waals surface area contributed by atoms with Crippen LogP contribution in [0, 0.1) is 0 Å². The molecule has 25 heavy (non-hydrogen) atoms. The molecule has 0 aliphatic rings. The molecule has 0 heterocycles. The summed E-state index contributed by atoms with van der Waals surface area (Å²) in [6, 6.07) is 0. The summed E-state index contributed by atoms with van der Waals surface area (Å²) in [6.45, 7) is 0. The molecule has 0 aromatic rings. The number of rotatable bonds is 8. The Morgan fingerprint density at radius 3 is 0.920 bits per heavy atom. The summed E-state index contributed by atoms with van der Waals surface area (Å²) in [7, 11) is 2.37. The number of carbonyl (C=O) groups excluding carboxylic acids is 4. The summed E-state index contributed by atoms with van der Waals surface area (Å²) in [5.74, 6) is 0. The zero-order valence-corrected chi connectivity index (χ0v) is 15.4. The van der Waals surface area contributed by atoms with E-state index in [0.717, 1.165) is 0 Å². The molecule has 0 radical (unpaired) electrons. The zero-order valence-electron chi connectivity index (χ0n) is 14.5. The highest BCUT2D eigenvalue weighted by molar-refractivity contribution is 7.75. The average molecular weight is 383 g/mol. The van der Waals surface area contributed by atoms with Crippen molar-refractivity contribution in [1.82, 2.24) is 21.3 Å². The van der Waals surface area contributed by atoms with Crippen molar-refractivity contribution in [3.63, 3.8) is 0 Å². The number of ether oxygens (including phenoxy) is 4. The van der Waals surface area contributed by atoms with Gasteiger partial charge >= 0.3 is 24.4 Å². The molecule has 0 aliphatic heterocycles. The maximum Gasteiger partial charge on any atom is 0.409 e. The number of carbonyl (C=O) groups is 4. The molecule has 4 amide bonds. The minimum absolute atomic E-state index is 0.0532. The molecule has 12 nitrogen and oxygen atoms in total. The van der Waals surface area contributed by atoms with E-state index in [1.54, 1.807) is 0 Å². The number of hydrogen-bond donors (Lipinski definition) is 4. The number of amides is 4. The minimum Gasteiger partial charge on any atom is -0.453 e. The Bertz CT molecular complexity index is 391. The first kappa shape index (κ1) is 22.5. The van der Waals surface area contributed by atoms with Crippen LogP contribution in [-0.2, 0) is 18.9 Å². The lowest BCUT2D eigenvalue weighted by Gasteiger charge is -2.27. The van der Waals surface area contributed by atoms with Crippen molar-refractivity contribution in [2.45, 2.75) is 0 Å². The Hall–Kier alpha value is -2.49. The van der Waals surface area contributed by atoms with E-state index < -0.39 is 31.6 Å². The maximum atomic E-state index is 11.4. The van der Waals surface area contributed by atoms with Gasteiger partial charge in [-0.3, -0.25) is 21.3 Å². The first-order chi connectivity index (χ1) is 11.8. The van der Waals surface area contributed by atoms with Gasteiger partial charge in [-0.1, -0.05) is 0 Å². The van der Waals surface area contributed by atoms with Crippen LogP contribution in [0.1, 0.15) is 0 Å². The van der Waals surface area contributed by atoms with Gasteiger partial charge in [0.1, 0.15) is 25.1 Å². The lowest BCUT2D eigenvalue weighted by atomic mass is 11.1. The van der Waals surface area contributed by atoms with Gasteiger partial charge in [-0.2, -0.15) is 0 Å². The monoisotopic (exact) mass is 383 g/mol. The number of nitrogens with one attached hydrogen (secondary N) is 4. The Kier molecular flexibility index (Phi) is 10.8. The number of hydrogen-bond acceptors (Lipinski definition) is 8. The van der Waals surface area contributed by atoms with E-state index in [2.05, 4.69) is 40.2 Å². The van der Waals surface area contributed by atoms with Gasteiger partial charge in [-0.05, 0) is 0 Å². The first-order valence-corrected chi connectivity index (χ1v) is 9.47. The fourth-order valence-electron chi connectivity index (χ4n) is 1.55. The second-order valence-corrected chi connectivity index (χ2v) is 8.60. The normalized spacial score (nSPS) is 10.1. The Morgan fingerprint density at radius 2 is 0.760 bits per heavy atom. The van der Waals surface area contributed by atoms with Crippen LogP contribution in [0.25, 0.3) is 0 Å². The summed E-state index contributed by atoms with van der Waals surface area (Å²) in [6.07, 6.45) is -2.57. The predicted octanol–water partition coefficient (Wildman–Crippen LogP) is 0.258. The van der Waals surface area contributed by atoms with Crippen molar-refractivity contribution < 1.29 is 38.1 Å². The molecule has 0 rings (SSSR count). The van der Waals surface area contributed by atoms with E-state index in [1.165, 1.54) is 28.4 Å². The maximum absolute atomic E-state index is 11.4. The Balaban J connectivity index is 5.24. The topological polar surface area (TPSA) is 153 Å². The highest BCUT2D eigenvalue weighted by Gasteiger charge is 2.40. The first-order valence-electron chi connectivity index (χ1n) is 6.95. The van der Waals surface area contributed by atoms with Gasteiger partial charge in [-0.15, -0.1) is 0 Å². The van der Waals surface area contributed by atoms with Crippen LogP contribution in [0.2, 0.25) is 0 Å². The third-order valence-electron chi connectivity index (χ3n) is 2.98. The van der Waals surface area contributed by atoms with Crippen molar-refractivity contribution in [1.29, 1.82) is 0 Å². The van der Waals surface area contributed by atoms with Gasteiger partial charge in [0.2, 0.25) is 0 Å². The van der Waals surface area contributed by atoms with Crippen LogP contribution in [0.3, 0.4) is 0 Å². The summed E-state index contributed by atoms with van der Waals surface area (Å²) in [5, 5.41) is 10.0. The van der Waals surface area contributed by atoms with Crippen LogP contribution in [0.4, 0.5) is 19.2 Å². The van der Waals surface area contributed by atoms with E-state index >= 15 is 0 Å². The Labute approximate surface area is 145 Å². The van der Waals surface area contributed by atoms with Crippen LogP contribution < -0.4 is 21.3 Å². The molecule has 0 saturated heterocycles. The standard InChI is InChI=1S/C12H23N4O8P/c1-21-9(17)13-5-25(6-14-10(18)22-2,7-15-11(19)23-3)8-16-12(20)24-4/h5-8H2,1-4H3,(H3-,13,14,15,16,17,18,19,20)/p+1. The van der Waals surface area contributed by atoms with Crippen LogP contribution in [0.15, 0.2) is 0 Å². The quantitative estimate of drug-likeness (QED) is 0.344. The Morgan fingerprint density at radius 1 is 0.560 bits per heavy atom. The van der Waals surface area contributed by atoms with Crippen molar-refractivity contribution in [3.05, 3.63) is 0 Å². The van der Waals surface area contributed by atoms with E-state index in [4.69, 9.17) is 0 Å². The second-order valence-electron chi connectivity index (χ2n) is 4.65. The third-order valence-corrected chi connectivity index (χ3v) is 6.29. The molecule has 0 aromatic carbocycles. The average Bonchev–Trinajstić information content (AvgIpc) is 2.65. The van der Waals surface area contributed by atoms with Crippen molar-refractivity contribution in [3.8, 4) is 0 Å². The zero-order chi connectivity index (χ0) is 19.3. The lowest BCUT2D eigenvalue weighted by molar-refractivity contribution is 0.172. The van der Waals surface area contributed by atoms with Gasteiger partial charge in [0.05, 0.1) is 35.7 Å². The summed E-state index contributed by atoms with van der Waals surface area (Å²) in [4.78, 5) is 45.6. The molecule has 13 heteroatoms. The van der Waals surface area contributed by atoms with E-state index in [0.29, 0.717) is 0 Å². The molecule has 0 fully saturated rings. The third kappa shape index (κ3) is 9.40. The largest absolute Gasteiger partial charge is 0.453 e. The molecule has 0 aromatic heterocycles. The molecule has 0 atom stereocenters. The predicted molar refractivity (Wildman–Crippen MR) is 88.6 cm³/mol. The van der Waals surface area contributed by atoms with Crippen molar-refractivity contribution in [2.24, 2.45) is 0 Å².